The Balaban J connectivity index is 2.33. The highest BCUT2D eigenvalue weighted by Crippen LogP contribution is 2.21. The molecule has 0 aromatic rings. The topological polar surface area (TPSA) is 151 Å². The Morgan fingerprint density at radius 1 is 1.24 bits per heavy atom. The third-order valence-electron chi connectivity index (χ3n) is 4.51. The summed E-state index contributed by atoms with van der Waals surface area (Å²) in [5.74, 6) is -1.02. The van der Waals surface area contributed by atoms with Crippen molar-refractivity contribution in [1.82, 2.24) is 20.9 Å². The highest BCUT2D eigenvalue weighted by molar-refractivity contribution is 8.00. The second-order valence-corrected chi connectivity index (χ2v) is 8.18. The number of carbonyl (C=O) groups excluding carboxylic acids is 5. The minimum Gasteiger partial charge on any atom is -0.370 e. The van der Waals surface area contributed by atoms with Crippen LogP contribution in [0.1, 0.15) is 38.5 Å². The van der Waals surface area contributed by atoms with Crippen molar-refractivity contribution < 1.29 is 24.0 Å². The van der Waals surface area contributed by atoms with E-state index in [0.717, 1.165) is 18.6 Å². The first kappa shape index (κ1) is 24.9. The van der Waals surface area contributed by atoms with Crippen LogP contribution in [0, 0.1) is 0 Å². The summed E-state index contributed by atoms with van der Waals surface area (Å²) in [5, 5.41) is 7.54. The lowest BCUT2D eigenvalue weighted by atomic mass is 10.1. The van der Waals surface area contributed by atoms with E-state index in [2.05, 4.69) is 16.0 Å². The fourth-order valence-electron chi connectivity index (χ4n) is 2.82. The van der Waals surface area contributed by atoms with Crippen molar-refractivity contribution in [2.75, 3.05) is 32.9 Å². The second-order valence-electron chi connectivity index (χ2n) is 6.87. The highest BCUT2D eigenvalue weighted by Gasteiger charge is 2.30. The van der Waals surface area contributed by atoms with E-state index in [1.807, 2.05) is 0 Å². The van der Waals surface area contributed by atoms with Crippen LogP contribution in [-0.4, -0.2) is 78.7 Å². The summed E-state index contributed by atoms with van der Waals surface area (Å²) in [6, 6.07) is -0.925. The van der Waals surface area contributed by atoms with Gasteiger partial charge in [0.15, 0.2) is 0 Å². The summed E-state index contributed by atoms with van der Waals surface area (Å²) in [5.41, 5.74) is 5.23. The summed E-state index contributed by atoms with van der Waals surface area (Å²) in [6.07, 6.45) is 2.47. The number of rotatable bonds is 14. The molecule has 1 heterocycles. The van der Waals surface area contributed by atoms with E-state index in [1.165, 1.54) is 23.7 Å². The Morgan fingerprint density at radius 3 is 2.55 bits per heavy atom. The molecule has 10 nitrogen and oxygen atoms in total. The molecular formula is C18H31N5O5S. The fraction of sp³-hybridized carbons (Fsp3) is 0.722. The first-order chi connectivity index (χ1) is 13.8. The smallest absolute Gasteiger partial charge is 0.243 e. The molecule has 1 aliphatic heterocycles. The molecule has 0 aliphatic carbocycles. The van der Waals surface area contributed by atoms with Gasteiger partial charge in [-0.2, -0.15) is 0 Å². The molecule has 1 rings (SSSR count). The molecule has 0 bridgehead atoms. The van der Waals surface area contributed by atoms with Crippen LogP contribution in [-0.2, 0) is 24.0 Å². The van der Waals surface area contributed by atoms with Crippen LogP contribution in [0.15, 0.2) is 0 Å². The predicted octanol–water partition coefficient (Wildman–Crippen LogP) is -1.27. The normalized spacial score (nSPS) is 17.0. The molecule has 0 radical (unpaired) electrons. The van der Waals surface area contributed by atoms with Crippen LogP contribution < -0.4 is 21.7 Å². The summed E-state index contributed by atoms with van der Waals surface area (Å²) in [7, 11) is 3.25. The first-order valence-corrected chi connectivity index (χ1v) is 10.7. The SMILES string of the molecule is CNCCNC(=O)[C@H](CC(N)=O)N(C)C(=O)CCCCCSC1CC(=O)NC1=O. The van der Waals surface area contributed by atoms with Gasteiger partial charge >= 0.3 is 0 Å². The fourth-order valence-corrected chi connectivity index (χ4v) is 3.95. The molecule has 1 fully saturated rings. The monoisotopic (exact) mass is 429 g/mol. The molecule has 0 spiro atoms. The first-order valence-electron chi connectivity index (χ1n) is 9.67. The minimum atomic E-state index is -0.925. The van der Waals surface area contributed by atoms with Crippen molar-refractivity contribution in [3.8, 4) is 0 Å². The van der Waals surface area contributed by atoms with Crippen LogP contribution in [0.4, 0.5) is 0 Å². The van der Waals surface area contributed by atoms with Crippen molar-refractivity contribution in [3.63, 3.8) is 0 Å². The lowest BCUT2D eigenvalue weighted by Gasteiger charge is -2.26. The molecule has 0 saturated carbocycles. The van der Waals surface area contributed by atoms with Gasteiger partial charge in [0.2, 0.25) is 29.5 Å². The van der Waals surface area contributed by atoms with Crippen LogP contribution in [0.5, 0.6) is 0 Å². The van der Waals surface area contributed by atoms with Crippen LogP contribution in [0.3, 0.4) is 0 Å². The number of likely N-dealkylation sites (N-methyl/N-ethyl adjacent to an activating group) is 2. The number of nitrogens with one attached hydrogen (secondary N) is 3. The molecule has 164 valence electrons. The van der Waals surface area contributed by atoms with Crippen molar-refractivity contribution in [3.05, 3.63) is 0 Å². The number of nitrogens with zero attached hydrogens (tertiary/aromatic N) is 1. The minimum absolute atomic E-state index is 0.227. The molecular weight excluding hydrogens is 398 g/mol. The largest absolute Gasteiger partial charge is 0.370 e. The van der Waals surface area contributed by atoms with Gasteiger partial charge in [-0.3, -0.25) is 29.3 Å². The molecule has 5 N–H and O–H groups in total. The number of primary amides is 1. The molecule has 1 unspecified atom stereocenters. The lowest BCUT2D eigenvalue weighted by Crippen LogP contribution is -2.50. The summed E-state index contributed by atoms with van der Waals surface area (Å²) < 4.78 is 0. The van der Waals surface area contributed by atoms with Gasteiger partial charge in [-0.15, -0.1) is 11.8 Å². The maximum atomic E-state index is 12.4. The maximum Gasteiger partial charge on any atom is 0.243 e. The average Bonchev–Trinajstić information content (AvgIpc) is 2.98. The second kappa shape index (κ2) is 13.2. The molecule has 2 atom stereocenters. The van der Waals surface area contributed by atoms with Gasteiger partial charge < -0.3 is 21.3 Å². The zero-order chi connectivity index (χ0) is 21.8. The summed E-state index contributed by atoms with van der Waals surface area (Å²) in [4.78, 5) is 59.9. The Kier molecular flexibility index (Phi) is 11.3. The molecule has 0 aromatic heterocycles. The van der Waals surface area contributed by atoms with Gasteiger partial charge in [0.1, 0.15) is 6.04 Å². The Hall–Kier alpha value is -2.14. The van der Waals surface area contributed by atoms with E-state index in [1.54, 1.807) is 7.05 Å². The van der Waals surface area contributed by atoms with Gasteiger partial charge in [0.05, 0.1) is 11.7 Å². The third kappa shape index (κ3) is 9.27. The molecule has 0 aromatic carbocycles. The Labute approximate surface area is 175 Å². The van der Waals surface area contributed by atoms with Gasteiger partial charge in [0, 0.05) is 33.0 Å². The van der Waals surface area contributed by atoms with E-state index in [9.17, 15) is 24.0 Å². The van der Waals surface area contributed by atoms with E-state index < -0.39 is 17.9 Å². The highest BCUT2D eigenvalue weighted by atomic mass is 32.2. The number of unbranched alkanes of at least 4 members (excludes halogenated alkanes) is 2. The van der Waals surface area contributed by atoms with Gasteiger partial charge in [0.25, 0.3) is 0 Å². The van der Waals surface area contributed by atoms with Gasteiger partial charge in [-0.25, -0.2) is 0 Å². The van der Waals surface area contributed by atoms with Crippen molar-refractivity contribution in [2.24, 2.45) is 5.73 Å². The van der Waals surface area contributed by atoms with Gasteiger partial charge in [-0.05, 0) is 25.6 Å². The lowest BCUT2D eigenvalue weighted by molar-refractivity contribution is -0.140. The number of carbonyl (C=O) groups is 5. The van der Waals surface area contributed by atoms with Crippen LogP contribution in [0.25, 0.3) is 0 Å². The summed E-state index contributed by atoms with van der Waals surface area (Å²) >= 11 is 1.45. The van der Waals surface area contributed by atoms with Crippen LogP contribution in [0.2, 0.25) is 0 Å². The van der Waals surface area contributed by atoms with E-state index in [-0.39, 0.29) is 42.2 Å². The van der Waals surface area contributed by atoms with Gasteiger partial charge in [-0.1, -0.05) is 6.42 Å². The number of amides is 5. The molecule has 5 amide bonds. The zero-order valence-corrected chi connectivity index (χ0v) is 17.8. The average molecular weight is 430 g/mol. The van der Waals surface area contributed by atoms with Crippen LogP contribution >= 0.6 is 11.8 Å². The maximum absolute atomic E-state index is 12.4. The number of thioether (sulfide) groups is 1. The molecule has 1 aliphatic rings. The van der Waals surface area contributed by atoms with E-state index in [4.69, 9.17) is 5.73 Å². The quantitative estimate of drug-likeness (QED) is 0.199. The van der Waals surface area contributed by atoms with E-state index >= 15 is 0 Å². The number of hydrogen-bond acceptors (Lipinski definition) is 7. The Bertz CT molecular complexity index is 615. The number of imide groups is 1. The number of hydrogen-bond donors (Lipinski definition) is 4. The van der Waals surface area contributed by atoms with Crippen molar-refractivity contribution in [1.29, 1.82) is 0 Å². The standard InChI is InChI=1S/C18H31N5O5S/c1-20-7-8-21-17(27)12(10-14(19)24)23(2)16(26)6-4-3-5-9-29-13-11-15(25)22-18(13)28/h12-13,20H,3-11H2,1-2H3,(H2,19,24)(H,21,27)(H,22,25,28)/t12-,13?/m0/s1. The van der Waals surface area contributed by atoms with Crippen molar-refractivity contribution >= 4 is 41.3 Å². The molecule has 29 heavy (non-hydrogen) atoms. The molecule has 11 heteroatoms. The third-order valence-corrected chi connectivity index (χ3v) is 5.82. The Morgan fingerprint density at radius 2 is 1.97 bits per heavy atom. The predicted molar refractivity (Wildman–Crippen MR) is 110 cm³/mol. The van der Waals surface area contributed by atoms with E-state index in [0.29, 0.717) is 19.5 Å². The zero-order valence-electron chi connectivity index (χ0n) is 17.0. The van der Waals surface area contributed by atoms with Crippen molar-refractivity contribution in [2.45, 2.75) is 49.8 Å². The summed E-state index contributed by atoms with van der Waals surface area (Å²) in [6.45, 7) is 0.955. The number of nitrogens with two attached hydrogens (primary N) is 1. The molecule has 1 saturated heterocycles.